The Bertz CT molecular complexity index is 178. The van der Waals surface area contributed by atoms with Gasteiger partial charge in [0, 0.05) is 6.42 Å². The largest absolute Gasteiger partial charge is 0.287 e. The molecule has 1 atom stereocenters. The van der Waals surface area contributed by atoms with Gasteiger partial charge in [0.15, 0.2) is 5.12 Å². The van der Waals surface area contributed by atoms with E-state index in [1.165, 1.54) is 43.9 Å². The van der Waals surface area contributed by atoms with Gasteiger partial charge in [-0.1, -0.05) is 58.7 Å². The minimum Gasteiger partial charge on any atom is -0.287 e. The number of carbonyl (C=O) groups is 1. The van der Waals surface area contributed by atoms with Crippen molar-refractivity contribution in [3.63, 3.8) is 0 Å². The highest BCUT2D eigenvalue weighted by Gasteiger charge is 2.15. The maximum Gasteiger partial charge on any atom is 0.189 e. The fourth-order valence-electron chi connectivity index (χ4n) is 2.11. The summed E-state index contributed by atoms with van der Waals surface area (Å²) in [6, 6.07) is 0. The van der Waals surface area contributed by atoms with Gasteiger partial charge in [-0.05, 0) is 30.4 Å². The van der Waals surface area contributed by atoms with Crippen LogP contribution in [0.3, 0.4) is 0 Å². The molecule has 96 valence electrons. The maximum atomic E-state index is 11.6. The molecule has 1 nitrogen and oxygen atoms in total. The molecule has 0 saturated carbocycles. The van der Waals surface area contributed by atoms with E-state index in [9.17, 15) is 4.79 Å². The zero-order chi connectivity index (χ0) is 12.4. The fraction of sp³-hybridized carbons (Fsp3) is 0.929. The maximum absolute atomic E-state index is 11.6. The van der Waals surface area contributed by atoms with Gasteiger partial charge in [0.1, 0.15) is 0 Å². The molecule has 0 spiro atoms. The van der Waals surface area contributed by atoms with Crippen molar-refractivity contribution in [3.8, 4) is 0 Å². The highest BCUT2D eigenvalue weighted by Crippen LogP contribution is 2.24. The first kappa shape index (κ1) is 16.0. The van der Waals surface area contributed by atoms with Gasteiger partial charge in [0.25, 0.3) is 0 Å². The second kappa shape index (κ2) is 10.2. The molecule has 0 unspecified atom stereocenters. The van der Waals surface area contributed by atoms with Crippen LogP contribution in [-0.4, -0.2) is 10.9 Å². The summed E-state index contributed by atoms with van der Waals surface area (Å²) in [5, 5.41) is 0.393. The Kier molecular flexibility index (Phi) is 10.2. The zero-order valence-electron chi connectivity index (χ0n) is 11.4. The molecule has 0 aliphatic carbocycles. The molecule has 0 saturated heterocycles. The van der Waals surface area contributed by atoms with E-state index in [4.69, 9.17) is 0 Å². The summed E-state index contributed by atoms with van der Waals surface area (Å²) < 4.78 is 0. The smallest absolute Gasteiger partial charge is 0.189 e. The Morgan fingerprint density at radius 1 is 1.19 bits per heavy atom. The van der Waals surface area contributed by atoms with E-state index in [1.54, 1.807) is 0 Å². The summed E-state index contributed by atoms with van der Waals surface area (Å²) in [5.74, 6) is 2.26. The molecular formula is C14H28OS. The quantitative estimate of drug-likeness (QED) is 0.537. The Morgan fingerprint density at radius 3 is 2.38 bits per heavy atom. The summed E-state index contributed by atoms with van der Waals surface area (Å²) in [6.45, 7) is 8.79. The molecule has 0 N–H and O–H groups in total. The molecule has 0 aromatic rings. The van der Waals surface area contributed by atoms with E-state index in [0.717, 1.165) is 12.2 Å². The summed E-state index contributed by atoms with van der Waals surface area (Å²) in [7, 11) is 0. The first-order valence-corrected chi connectivity index (χ1v) is 7.74. The van der Waals surface area contributed by atoms with Crippen molar-refractivity contribution in [2.45, 2.75) is 66.2 Å². The normalized spacial score (nSPS) is 13.1. The van der Waals surface area contributed by atoms with Gasteiger partial charge >= 0.3 is 0 Å². The van der Waals surface area contributed by atoms with Crippen LogP contribution in [0.25, 0.3) is 0 Å². The lowest BCUT2D eigenvalue weighted by Gasteiger charge is -2.17. The Balaban J connectivity index is 3.93. The third kappa shape index (κ3) is 9.26. The number of rotatable bonds is 9. The SMILES string of the molecule is CCCCC[C@@H](CC(=O)SCC)CC(C)C. The molecular weight excluding hydrogens is 216 g/mol. The van der Waals surface area contributed by atoms with Crippen molar-refractivity contribution in [2.24, 2.45) is 11.8 Å². The highest BCUT2D eigenvalue weighted by molar-refractivity contribution is 8.13. The van der Waals surface area contributed by atoms with Gasteiger partial charge in [0.05, 0.1) is 0 Å². The average Bonchev–Trinajstić information content (AvgIpc) is 2.17. The van der Waals surface area contributed by atoms with E-state index in [0.29, 0.717) is 17.0 Å². The van der Waals surface area contributed by atoms with Crippen LogP contribution in [0.1, 0.15) is 66.2 Å². The number of unbranched alkanes of at least 4 members (excludes halogenated alkanes) is 2. The van der Waals surface area contributed by atoms with Crippen LogP contribution in [0.5, 0.6) is 0 Å². The van der Waals surface area contributed by atoms with Crippen molar-refractivity contribution in [1.82, 2.24) is 0 Å². The fourth-order valence-corrected chi connectivity index (χ4v) is 2.78. The van der Waals surface area contributed by atoms with E-state index >= 15 is 0 Å². The monoisotopic (exact) mass is 244 g/mol. The number of hydrogen-bond donors (Lipinski definition) is 0. The van der Waals surface area contributed by atoms with E-state index in [-0.39, 0.29) is 0 Å². The molecule has 0 rings (SSSR count). The molecule has 0 aromatic heterocycles. The molecule has 0 amide bonds. The molecule has 0 bridgehead atoms. The van der Waals surface area contributed by atoms with Crippen molar-refractivity contribution in [1.29, 1.82) is 0 Å². The van der Waals surface area contributed by atoms with Gasteiger partial charge in [-0.2, -0.15) is 0 Å². The molecule has 0 heterocycles. The standard InChI is InChI=1S/C14H28OS/c1-5-7-8-9-13(10-12(3)4)11-14(15)16-6-2/h12-13H,5-11H2,1-4H3/t13-/m1/s1. The van der Waals surface area contributed by atoms with Crippen LogP contribution in [-0.2, 0) is 4.79 Å². The van der Waals surface area contributed by atoms with Crippen LogP contribution in [0.15, 0.2) is 0 Å². The lowest BCUT2D eigenvalue weighted by atomic mass is 9.90. The minimum atomic E-state index is 0.393. The van der Waals surface area contributed by atoms with Crippen LogP contribution in [0, 0.1) is 11.8 Å². The van der Waals surface area contributed by atoms with Crippen LogP contribution < -0.4 is 0 Å². The molecule has 0 radical (unpaired) electrons. The van der Waals surface area contributed by atoms with Gasteiger partial charge in [-0.25, -0.2) is 0 Å². The van der Waals surface area contributed by atoms with Gasteiger partial charge in [0.2, 0.25) is 0 Å². The zero-order valence-corrected chi connectivity index (χ0v) is 12.2. The van der Waals surface area contributed by atoms with Crippen molar-refractivity contribution in [2.75, 3.05) is 5.75 Å². The number of hydrogen-bond acceptors (Lipinski definition) is 2. The Hall–Kier alpha value is 0.0200. The highest BCUT2D eigenvalue weighted by atomic mass is 32.2. The summed E-state index contributed by atoms with van der Waals surface area (Å²) in [6.07, 6.45) is 7.11. The van der Waals surface area contributed by atoms with Crippen molar-refractivity contribution < 1.29 is 4.79 Å². The molecule has 16 heavy (non-hydrogen) atoms. The van der Waals surface area contributed by atoms with Crippen molar-refractivity contribution in [3.05, 3.63) is 0 Å². The lowest BCUT2D eigenvalue weighted by Crippen LogP contribution is -2.09. The number of thioether (sulfide) groups is 1. The molecule has 0 fully saturated rings. The lowest BCUT2D eigenvalue weighted by molar-refractivity contribution is -0.111. The topological polar surface area (TPSA) is 17.1 Å². The van der Waals surface area contributed by atoms with Crippen molar-refractivity contribution >= 4 is 16.9 Å². The third-order valence-electron chi connectivity index (χ3n) is 2.78. The van der Waals surface area contributed by atoms with Gasteiger partial charge in [-0.15, -0.1) is 0 Å². The third-order valence-corrected chi connectivity index (χ3v) is 3.56. The van der Waals surface area contributed by atoms with E-state index < -0.39 is 0 Å². The summed E-state index contributed by atoms with van der Waals surface area (Å²) in [5.41, 5.74) is 0. The van der Waals surface area contributed by atoms with Gasteiger partial charge < -0.3 is 0 Å². The second-order valence-electron chi connectivity index (χ2n) is 5.00. The van der Waals surface area contributed by atoms with E-state index in [1.807, 2.05) is 0 Å². The molecule has 0 aliphatic heterocycles. The predicted octanol–water partition coefficient (Wildman–Crippen LogP) is 4.90. The minimum absolute atomic E-state index is 0.393. The van der Waals surface area contributed by atoms with Gasteiger partial charge in [-0.3, -0.25) is 4.79 Å². The first-order valence-electron chi connectivity index (χ1n) is 6.75. The van der Waals surface area contributed by atoms with Crippen LogP contribution >= 0.6 is 11.8 Å². The Morgan fingerprint density at radius 2 is 1.88 bits per heavy atom. The number of carbonyl (C=O) groups excluding carboxylic acids is 1. The second-order valence-corrected chi connectivity index (χ2v) is 6.32. The molecule has 2 heteroatoms. The van der Waals surface area contributed by atoms with Crippen LogP contribution in [0.2, 0.25) is 0 Å². The van der Waals surface area contributed by atoms with Crippen LogP contribution in [0.4, 0.5) is 0 Å². The molecule has 0 aliphatic rings. The predicted molar refractivity (Wildman–Crippen MR) is 74.8 cm³/mol. The summed E-state index contributed by atoms with van der Waals surface area (Å²) >= 11 is 1.49. The Labute approximate surface area is 106 Å². The summed E-state index contributed by atoms with van der Waals surface area (Å²) in [4.78, 5) is 11.6. The first-order chi connectivity index (χ1) is 7.60. The molecule has 0 aromatic carbocycles. The average molecular weight is 244 g/mol. The van der Waals surface area contributed by atoms with E-state index in [2.05, 4.69) is 27.7 Å².